The fraction of sp³-hybridized carbons (Fsp3) is 0.385. The van der Waals surface area contributed by atoms with Crippen LogP contribution in [-0.2, 0) is 16.0 Å². The van der Waals surface area contributed by atoms with E-state index in [0.717, 1.165) is 0 Å². The minimum absolute atomic E-state index is 0.0877. The van der Waals surface area contributed by atoms with Crippen LogP contribution in [0.2, 0.25) is 10.0 Å². The summed E-state index contributed by atoms with van der Waals surface area (Å²) in [6, 6.07) is 4.37. The highest BCUT2D eigenvalue weighted by molar-refractivity contribution is 6.33. The standard InChI is InChI=1S/C13H16Cl2N2O2/c1-8(13(19)17(2)3)16-12(18)7-9-6-10(14)4-5-11(9)15/h4-6,8H,7H2,1-3H3,(H,16,18)/t8-/m0/s1. The summed E-state index contributed by atoms with van der Waals surface area (Å²) in [6.07, 6.45) is 0.0877. The molecule has 0 aliphatic rings. The molecule has 0 aliphatic carbocycles. The van der Waals surface area contributed by atoms with Gasteiger partial charge in [-0.05, 0) is 30.7 Å². The smallest absolute Gasteiger partial charge is 0.244 e. The van der Waals surface area contributed by atoms with Crippen molar-refractivity contribution in [3.63, 3.8) is 0 Å². The average Bonchev–Trinajstić information content (AvgIpc) is 2.32. The fourth-order valence-electron chi connectivity index (χ4n) is 1.59. The number of hydrogen-bond donors (Lipinski definition) is 1. The van der Waals surface area contributed by atoms with Gasteiger partial charge in [0, 0.05) is 24.1 Å². The summed E-state index contributed by atoms with van der Waals surface area (Å²) in [5.74, 6) is -0.433. The second-order valence-corrected chi connectivity index (χ2v) is 5.28. The van der Waals surface area contributed by atoms with Gasteiger partial charge in [0.2, 0.25) is 11.8 Å². The molecule has 0 saturated heterocycles. The molecule has 0 aliphatic heterocycles. The third-order valence-corrected chi connectivity index (χ3v) is 3.15. The molecule has 104 valence electrons. The maximum absolute atomic E-state index is 11.8. The number of carbonyl (C=O) groups is 2. The molecule has 1 rings (SSSR count). The van der Waals surface area contributed by atoms with Crippen molar-refractivity contribution < 1.29 is 9.59 Å². The Hall–Kier alpha value is -1.26. The molecular formula is C13H16Cl2N2O2. The third kappa shape index (κ3) is 4.73. The Labute approximate surface area is 122 Å². The van der Waals surface area contributed by atoms with E-state index in [0.29, 0.717) is 15.6 Å². The highest BCUT2D eigenvalue weighted by Gasteiger charge is 2.17. The number of halogens is 2. The second kappa shape index (κ2) is 6.78. The Balaban J connectivity index is 2.65. The average molecular weight is 303 g/mol. The fourth-order valence-corrected chi connectivity index (χ4v) is 1.97. The van der Waals surface area contributed by atoms with Crippen molar-refractivity contribution >= 4 is 35.0 Å². The van der Waals surface area contributed by atoms with Crippen molar-refractivity contribution in [1.82, 2.24) is 10.2 Å². The lowest BCUT2D eigenvalue weighted by molar-refractivity contribution is -0.133. The normalized spacial score (nSPS) is 11.8. The van der Waals surface area contributed by atoms with Crippen LogP contribution in [0.25, 0.3) is 0 Å². The summed E-state index contributed by atoms with van der Waals surface area (Å²) >= 11 is 11.8. The quantitative estimate of drug-likeness (QED) is 0.926. The van der Waals surface area contributed by atoms with Crippen molar-refractivity contribution in [2.45, 2.75) is 19.4 Å². The Kier molecular flexibility index (Phi) is 5.63. The van der Waals surface area contributed by atoms with Crippen molar-refractivity contribution in [3.8, 4) is 0 Å². The largest absolute Gasteiger partial charge is 0.347 e. The molecule has 0 bridgehead atoms. The van der Waals surface area contributed by atoms with E-state index in [1.54, 1.807) is 39.2 Å². The van der Waals surface area contributed by atoms with Gasteiger partial charge < -0.3 is 10.2 Å². The zero-order valence-electron chi connectivity index (χ0n) is 11.0. The number of likely N-dealkylation sites (N-methyl/N-ethyl adjacent to an activating group) is 1. The first-order chi connectivity index (χ1) is 8.81. The van der Waals surface area contributed by atoms with Crippen LogP contribution >= 0.6 is 23.2 Å². The van der Waals surface area contributed by atoms with Crippen molar-refractivity contribution in [1.29, 1.82) is 0 Å². The predicted octanol–water partition coefficient (Wildman–Crippen LogP) is 2.13. The SMILES string of the molecule is C[C@H](NC(=O)Cc1cc(Cl)ccc1Cl)C(=O)N(C)C. The summed E-state index contributed by atoms with van der Waals surface area (Å²) in [7, 11) is 3.28. The van der Waals surface area contributed by atoms with E-state index in [4.69, 9.17) is 23.2 Å². The number of benzene rings is 1. The monoisotopic (exact) mass is 302 g/mol. The highest BCUT2D eigenvalue weighted by Crippen LogP contribution is 2.20. The molecular weight excluding hydrogens is 287 g/mol. The van der Waals surface area contributed by atoms with Crippen LogP contribution in [0.4, 0.5) is 0 Å². The van der Waals surface area contributed by atoms with Crippen molar-refractivity contribution in [2.75, 3.05) is 14.1 Å². The van der Waals surface area contributed by atoms with Gasteiger partial charge in [-0.1, -0.05) is 23.2 Å². The number of nitrogens with one attached hydrogen (secondary N) is 1. The van der Waals surface area contributed by atoms with E-state index in [2.05, 4.69) is 5.32 Å². The number of rotatable bonds is 4. The molecule has 19 heavy (non-hydrogen) atoms. The maximum atomic E-state index is 11.8. The van der Waals surface area contributed by atoms with Crippen LogP contribution in [-0.4, -0.2) is 36.9 Å². The van der Waals surface area contributed by atoms with E-state index in [1.807, 2.05) is 0 Å². The Morgan fingerprint density at radius 3 is 2.53 bits per heavy atom. The molecule has 0 saturated carbocycles. The van der Waals surface area contributed by atoms with Crippen LogP contribution in [0, 0.1) is 0 Å². The molecule has 1 N–H and O–H groups in total. The lowest BCUT2D eigenvalue weighted by atomic mass is 10.1. The third-order valence-electron chi connectivity index (χ3n) is 2.55. The minimum Gasteiger partial charge on any atom is -0.347 e. The number of hydrogen-bond acceptors (Lipinski definition) is 2. The summed E-state index contributed by atoms with van der Waals surface area (Å²) in [5, 5.41) is 3.62. The molecule has 1 atom stereocenters. The molecule has 0 unspecified atom stereocenters. The lowest BCUT2D eigenvalue weighted by Gasteiger charge is -2.18. The zero-order valence-corrected chi connectivity index (χ0v) is 12.5. The molecule has 0 aromatic heterocycles. The summed E-state index contributed by atoms with van der Waals surface area (Å²) in [5.41, 5.74) is 0.635. The maximum Gasteiger partial charge on any atom is 0.244 e. The summed E-state index contributed by atoms with van der Waals surface area (Å²) in [4.78, 5) is 24.9. The molecule has 0 heterocycles. The predicted molar refractivity (Wildman–Crippen MR) is 76.5 cm³/mol. The first-order valence-electron chi connectivity index (χ1n) is 5.75. The number of nitrogens with zero attached hydrogens (tertiary/aromatic N) is 1. The van der Waals surface area contributed by atoms with Gasteiger partial charge in [0.25, 0.3) is 0 Å². The van der Waals surface area contributed by atoms with Gasteiger partial charge in [-0.25, -0.2) is 0 Å². The topological polar surface area (TPSA) is 49.4 Å². The molecule has 0 spiro atoms. The van der Waals surface area contributed by atoms with E-state index in [-0.39, 0.29) is 18.2 Å². The van der Waals surface area contributed by atoms with E-state index in [9.17, 15) is 9.59 Å². The Morgan fingerprint density at radius 2 is 1.95 bits per heavy atom. The highest BCUT2D eigenvalue weighted by atomic mass is 35.5. The number of amides is 2. The molecule has 0 radical (unpaired) electrons. The molecule has 2 amide bonds. The molecule has 4 nitrogen and oxygen atoms in total. The van der Waals surface area contributed by atoms with Crippen LogP contribution in [0.3, 0.4) is 0 Å². The van der Waals surface area contributed by atoms with Crippen molar-refractivity contribution in [2.24, 2.45) is 0 Å². The molecule has 1 aromatic carbocycles. The first kappa shape index (κ1) is 15.8. The van der Waals surface area contributed by atoms with Gasteiger partial charge in [-0.3, -0.25) is 9.59 Å². The summed E-state index contributed by atoms with van der Waals surface area (Å²) in [6.45, 7) is 1.64. The Bertz CT molecular complexity index is 490. The van der Waals surface area contributed by atoms with Crippen LogP contribution in [0.1, 0.15) is 12.5 Å². The van der Waals surface area contributed by atoms with E-state index in [1.165, 1.54) is 4.90 Å². The van der Waals surface area contributed by atoms with Crippen molar-refractivity contribution in [3.05, 3.63) is 33.8 Å². The first-order valence-corrected chi connectivity index (χ1v) is 6.51. The molecule has 6 heteroatoms. The molecule has 0 fully saturated rings. The van der Waals surface area contributed by atoms with Crippen LogP contribution in [0.5, 0.6) is 0 Å². The van der Waals surface area contributed by atoms with E-state index < -0.39 is 6.04 Å². The van der Waals surface area contributed by atoms with Gasteiger partial charge in [0.15, 0.2) is 0 Å². The number of carbonyl (C=O) groups excluding carboxylic acids is 2. The van der Waals surface area contributed by atoms with Gasteiger partial charge in [-0.15, -0.1) is 0 Å². The second-order valence-electron chi connectivity index (χ2n) is 4.43. The van der Waals surface area contributed by atoms with Gasteiger partial charge in [-0.2, -0.15) is 0 Å². The zero-order chi connectivity index (χ0) is 14.6. The van der Waals surface area contributed by atoms with Crippen LogP contribution in [0.15, 0.2) is 18.2 Å². The van der Waals surface area contributed by atoms with Gasteiger partial charge >= 0.3 is 0 Å². The minimum atomic E-state index is -0.569. The summed E-state index contributed by atoms with van der Waals surface area (Å²) < 4.78 is 0. The van der Waals surface area contributed by atoms with Gasteiger partial charge in [0.05, 0.1) is 6.42 Å². The lowest BCUT2D eigenvalue weighted by Crippen LogP contribution is -2.44. The molecule has 1 aromatic rings. The Morgan fingerprint density at radius 1 is 1.32 bits per heavy atom. The van der Waals surface area contributed by atoms with Crippen LogP contribution < -0.4 is 5.32 Å². The van der Waals surface area contributed by atoms with E-state index >= 15 is 0 Å². The van der Waals surface area contributed by atoms with Gasteiger partial charge in [0.1, 0.15) is 6.04 Å².